The molecule has 1 aliphatic rings. The highest BCUT2D eigenvalue weighted by Gasteiger charge is 2.20. The SMILES string of the molecule is BrC1CCCCc2c1sc1ccccc21. The maximum Gasteiger partial charge on any atom is 0.0492 e. The van der Waals surface area contributed by atoms with Gasteiger partial charge in [0.05, 0.1) is 0 Å². The van der Waals surface area contributed by atoms with Crippen LogP contribution in [0, 0.1) is 0 Å². The Hall–Kier alpha value is -0.340. The molecule has 0 fully saturated rings. The minimum Gasteiger partial charge on any atom is -0.139 e. The van der Waals surface area contributed by atoms with Gasteiger partial charge < -0.3 is 0 Å². The monoisotopic (exact) mass is 280 g/mol. The lowest BCUT2D eigenvalue weighted by Gasteiger charge is -2.04. The van der Waals surface area contributed by atoms with E-state index in [1.54, 1.807) is 10.4 Å². The molecule has 2 heteroatoms. The molecule has 1 aromatic heterocycles. The molecule has 0 nitrogen and oxygen atoms in total. The molecule has 0 bridgehead atoms. The molecule has 0 amide bonds. The van der Waals surface area contributed by atoms with Gasteiger partial charge in [-0.3, -0.25) is 0 Å². The number of alkyl halides is 1. The molecule has 0 spiro atoms. The van der Waals surface area contributed by atoms with Crippen LogP contribution in [-0.4, -0.2) is 0 Å². The summed E-state index contributed by atoms with van der Waals surface area (Å²) in [5.74, 6) is 0. The lowest BCUT2D eigenvalue weighted by Crippen LogP contribution is -1.85. The van der Waals surface area contributed by atoms with Crippen molar-refractivity contribution in [1.29, 1.82) is 0 Å². The third kappa shape index (κ3) is 1.64. The fourth-order valence-corrected chi connectivity index (χ4v) is 4.53. The second kappa shape index (κ2) is 3.91. The first-order valence-corrected chi connectivity index (χ1v) is 7.24. The Balaban J connectivity index is 2.26. The van der Waals surface area contributed by atoms with Crippen LogP contribution in [0.2, 0.25) is 0 Å². The highest BCUT2D eigenvalue weighted by molar-refractivity contribution is 9.09. The van der Waals surface area contributed by atoms with E-state index in [0.717, 1.165) is 0 Å². The van der Waals surface area contributed by atoms with E-state index in [2.05, 4.69) is 40.2 Å². The molecule has 0 aliphatic heterocycles. The third-order valence-electron chi connectivity index (χ3n) is 3.15. The second-order valence-corrected chi connectivity index (χ2v) is 6.34. The summed E-state index contributed by atoms with van der Waals surface area (Å²) in [4.78, 5) is 2.17. The first-order valence-electron chi connectivity index (χ1n) is 5.50. The quantitative estimate of drug-likeness (QED) is 0.467. The van der Waals surface area contributed by atoms with Gasteiger partial charge >= 0.3 is 0 Å². The largest absolute Gasteiger partial charge is 0.139 e. The van der Waals surface area contributed by atoms with Crippen LogP contribution >= 0.6 is 27.3 Å². The third-order valence-corrected chi connectivity index (χ3v) is 5.69. The van der Waals surface area contributed by atoms with Crippen molar-refractivity contribution in [2.75, 3.05) is 0 Å². The van der Waals surface area contributed by atoms with Gasteiger partial charge in [-0.15, -0.1) is 11.3 Å². The second-order valence-electron chi connectivity index (χ2n) is 4.15. The zero-order valence-corrected chi connectivity index (χ0v) is 10.9. The molecule has 1 heterocycles. The number of fused-ring (bicyclic) bond motifs is 3. The Morgan fingerprint density at radius 1 is 1.20 bits per heavy atom. The van der Waals surface area contributed by atoms with Crippen LogP contribution in [0.15, 0.2) is 24.3 Å². The van der Waals surface area contributed by atoms with Gasteiger partial charge in [0.1, 0.15) is 0 Å². The number of rotatable bonds is 0. The molecule has 0 saturated carbocycles. The summed E-state index contributed by atoms with van der Waals surface area (Å²) in [6.07, 6.45) is 5.25. The van der Waals surface area contributed by atoms with E-state index in [1.807, 2.05) is 11.3 Å². The highest BCUT2D eigenvalue weighted by atomic mass is 79.9. The Morgan fingerprint density at radius 2 is 2.07 bits per heavy atom. The number of aryl methyl sites for hydroxylation is 1. The van der Waals surface area contributed by atoms with Crippen LogP contribution in [0.25, 0.3) is 10.1 Å². The van der Waals surface area contributed by atoms with E-state index in [0.29, 0.717) is 4.83 Å². The zero-order chi connectivity index (χ0) is 10.3. The molecule has 0 N–H and O–H groups in total. The van der Waals surface area contributed by atoms with Gasteiger partial charge in [-0.05, 0) is 36.3 Å². The molecular weight excluding hydrogens is 268 g/mol. The first-order chi connectivity index (χ1) is 7.36. The minimum atomic E-state index is 0.590. The van der Waals surface area contributed by atoms with Crippen molar-refractivity contribution in [2.45, 2.75) is 30.5 Å². The molecule has 0 radical (unpaired) electrons. The molecule has 3 rings (SSSR count). The Labute approximate surface area is 102 Å². The van der Waals surface area contributed by atoms with Crippen LogP contribution in [0.1, 0.15) is 34.5 Å². The number of thiophene rings is 1. The van der Waals surface area contributed by atoms with Gasteiger partial charge in [-0.2, -0.15) is 0 Å². The normalized spacial score (nSPS) is 21.3. The molecule has 78 valence electrons. The van der Waals surface area contributed by atoms with Crippen molar-refractivity contribution in [3.63, 3.8) is 0 Å². The molecule has 15 heavy (non-hydrogen) atoms. The molecule has 1 atom stereocenters. The van der Waals surface area contributed by atoms with E-state index >= 15 is 0 Å². The molecule has 1 aromatic carbocycles. The summed E-state index contributed by atoms with van der Waals surface area (Å²) in [7, 11) is 0. The Bertz CT molecular complexity index is 486. The van der Waals surface area contributed by atoms with Gasteiger partial charge in [0.2, 0.25) is 0 Å². The molecule has 0 saturated heterocycles. The summed E-state index contributed by atoms with van der Waals surface area (Å²) in [5.41, 5.74) is 1.61. The van der Waals surface area contributed by atoms with E-state index in [-0.39, 0.29) is 0 Å². The van der Waals surface area contributed by atoms with Crippen molar-refractivity contribution in [3.05, 3.63) is 34.7 Å². The van der Waals surface area contributed by atoms with Crippen LogP contribution in [0.3, 0.4) is 0 Å². The average molecular weight is 281 g/mol. The standard InChI is InChI=1S/C13H13BrS/c14-11-7-3-1-6-10-9-5-2-4-8-12(9)15-13(10)11/h2,4-5,8,11H,1,3,6-7H2. The molecule has 1 unspecified atom stereocenters. The zero-order valence-electron chi connectivity index (χ0n) is 8.50. The smallest absolute Gasteiger partial charge is 0.0492 e. The summed E-state index contributed by atoms with van der Waals surface area (Å²) < 4.78 is 1.45. The average Bonchev–Trinajstić information content (AvgIpc) is 2.54. The van der Waals surface area contributed by atoms with E-state index < -0.39 is 0 Å². The lowest BCUT2D eigenvalue weighted by molar-refractivity contribution is 0.710. The fraction of sp³-hybridized carbons (Fsp3) is 0.385. The predicted octanol–water partition coefficient (Wildman–Crippen LogP) is 5.06. The highest BCUT2D eigenvalue weighted by Crippen LogP contribution is 2.43. The van der Waals surface area contributed by atoms with E-state index in [4.69, 9.17) is 0 Å². The van der Waals surface area contributed by atoms with Crippen LogP contribution in [0.5, 0.6) is 0 Å². The van der Waals surface area contributed by atoms with Gasteiger partial charge in [0.25, 0.3) is 0 Å². The summed E-state index contributed by atoms with van der Waals surface area (Å²) in [5, 5.41) is 1.49. The van der Waals surface area contributed by atoms with Gasteiger partial charge in [-0.25, -0.2) is 0 Å². The summed E-state index contributed by atoms with van der Waals surface area (Å²) in [6, 6.07) is 8.81. The fourth-order valence-electron chi connectivity index (χ4n) is 2.39. The van der Waals surface area contributed by atoms with Gasteiger partial charge in [0.15, 0.2) is 0 Å². The summed E-state index contributed by atoms with van der Waals surface area (Å²) >= 11 is 5.80. The van der Waals surface area contributed by atoms with Gasteiger partial charge in [-0.1, -0.05) is 40.5 Å². The Kier molecular flexibility index (Phi) is 2.57. The maximum atomic E-state index is 3.83. The molecule has 1 aliphatic carbocycles. The van der Waals surface area contributed by atoms with Gasteiger partial charge in [0, 0.05) is 14.4 Å². The topological polar surface area (TPSA) is 0 Å². The van der Waals surface area contributed by atoms with Crippen LogP contribution in [0.4, 0.5) is 0 Å². The number of benzene rings is 1. The van der Waals surface area contributed by atoms with Crippen molar-refractivity contribution >= 4 is 37.4 Å². The molecule has 2 aromatic rings. The predicted molar refractivity (Wildman–Crippen MR) is 71.0 cm³/mol. The number of halogens is 1. The molecular formula is C13H13BrS. The Morgan fingerprint density at radius 3 is 3.00 bits per heavy atom. The summed E-state index contributed by atoms with van der Waals surface area (Å²) in [6.45, 7) is 0. The van der Waals surface area contributed by atoms with Crippen molar-refractivity contribution < 1.29 is 0 Å². The van der Waals surface area contributed by atoms with E-state index in [1.165, 1.54) is 35.8 Å². The van der Waals surface area contributed by atoms with Crippen molar-refractivity contribution in [1.82, 2.24) is 0 Å². The minimum absolute atomic E-state index is 0.590. The van der Waals surface area contributed by atoms with Crippen molar-refractivity contribution in [3.8, 4) is 0 Å². The van der Waals surface area contributed by atoms with Crippen molar-refractivity contribution in [2.24, 2.45) is 0 Å². The lowest BCUT2D eigenvalue weighted by atomic mass is 10.1. The first kappa shape index (κ1) is 9.86. The van der Waals surface area contributed by atoms with Crippen LogP contribution < -0.4 is 0 Å². The number of hydrogen-bond acceptors (Lipinski definition) is 1. The number of hydrogen-bond donors (Lipinski definition) is 0. The van der Waals surface area contributed by atoms with Crippen LogP contribution in [-0.2, 0) is 6.42 Å². The van der Waals surface area contributed by atoms with E-state index in [9.17, 15) is 0 Å². The maximum absolute atomic E-state index is 3.83.